The average molecular weight is 375 g/mol. The lowest BCUT2D eigenvalue weighted by Crippen LogP contribution is -2.26. The third kappa shape index (κ3) is 4.14. The van der Waals surface area contributed by atoms with Crippen molar-refractivity contribution >= 4 is 10.0 Å². The molecular weight excluding hydrogens is 357 g/mol. The maximum Gasteiger partial charge on any atom is 0.240 e. The largest absolute Gasteiger partial charge is 0.339 e. The first-order chi connectivity index (χ1) is 12.3. The molecule has 0 saturated heterocycles. The smallest absolute Gasteiger partial charge is 0.240 e. The number of nitrogens with one attached hydrogen (secondary N) is 1. The third-order valence-electron chi connectivity index (χ3n) is 3.80. The lowest BCUT2D eigenvalue weighted by atomic mass is 10.1. The van der Waals surface area contributed by atoms with Crippen molar-refractivity contribution in [3.05, 3.63) is 65.3 Å². The molecule has 0 spiro atoms. The lowest BCUT2D eigenvalue weighted by molar-refractivity contribution is 0.379. The van der Waals surface area contributed by atoms with Gasteiger partial charge in [0.2, 0.25) is 21.7 Å². The van der Waals surface area contributed by atoms with Crippen molar-refractivity contribution in [2.24, 2.45) is 0 Å². The van der Waals surface area contributed by atoms with Crippen LogP contribution in [0.25, 0.3) is 11.4 Å². The highest BCUT2D eigenvalue weighted by molar-refractivity contribution is 7.89. The van der Waals surface area contributed by atoms with Gasteiger partial charge in [-0.3, -0.25) is 0 Å². The standard InChI is InChI=1S/C18H18FN3O3S/c1-12-4-3-5-14(10-12)18-21-17(25-22-18)8-9-20-26(23,24)16-7-6-15(19)11-13(16)2/h3-7,10-11,20H,8-9H2,1-2H3. The second-order valence-electron chi connectivity index (χ2n) is 5.94. The summed E-state index contributed by atoms with van der Waals surface area (Å²) < 4.78 is 45.4. The Hall–Kier alpha value is -2.58. The van der Waals surface area contributed by atoms with Crippen molar-refractivity contribution in [3.63, 3.8) is 0 Å². The molecule has 1 heterocycles. The van der Waals surface area contributed by atoms with Crippen molar-refractivity contribution in [2.45, 2.75) is 25.2 Å². The van der Waals surface area contributed by atoms with Gasteiger partial charge in [-0.15, -0.1) is 0 Å². The van der Waals surface area contributed by atoms with Gasteiger partial charge in [-0.2, -0.15) is 4.98 Å². The summed E-state index contributed by atoms with van der Waals surface area (Å²) in [4.78, 5) is 4.33. The van der Waals surface area contributed by atoms with Crippen molar-refractivity contribution in [2.75, 3.05) is 6.54 Å². The highest BCUT2D eigenvalue weighted by Crippen LogP contribution is 2.18. The highest BCUT2D eigenvalue weighted by atomic mass is 32.2. The van der Waals surface area contributed by atoms with E-state index in [0.717, 1.165) is 17.2 Å². The molecule has 26 heavy (non-hydrogen) atoms. The molecule has 0 unspecified atom stereocenters. The first-order valence-corrected chi connectivity index (χ1v) is 9.49. The fourth-order valence-electron chi connectivity index (χ4n) is 2.54. The van der Waals surface area contributed by atoms with Crippen molar-refractivity contribution < 1.29 is 17.3 Å². The quantitative estimate of drug-likeness (QED) is 0.716. The first-order valence-electron chi connectivity index (χ1n) is 8.00. The monoisotopic (exact) mass is 375 g/mol. The normalized spacial score (nSPS) is 11.7. The number of hydrogen-bond acceptors (Lipinski definition) is 5. The summed E-state index contributed by atoms with van der Waals surface area (Å²) in [5.41, 5.74) is 2.26. The molecular formula is C18H18FN3O3S. The zero-order valence-corrected chi connectivity index (χ0v) is 15.2. The van der Waals surface area contributed by atoms with Crippen LogP contribution in [0.1, 0.15) is 17.0 Å². The van der Waals surface area contributed by atoms with Crippen LogP contribution in [-0.2, 0) is 16.4 Å². The Bertz CT molecular complexity index is 1030. The van der Waals surface area contributed by atoms with Gasteiger partial charge in [0.25, 0.3) is 0 Å². The second-order valence-corrected chi connectivity index (χ2v) is 7.67. The Labute approximate surface area is 151 Å². The van der Waals surface area contributed by atoms with Crippen LogP contribution in [-0.4, -0.2) is 25.1 Å². The van der Waals surface area contributed by atoms with Crippen LogP contribution in [0.15, 0.2) is 51.9 Å². The average Bonchev–Trinajstić information content (AvgIpc) is 3.03. The molecule has 0 saturated carbocycles. The highest BCUT2D eigenvalue weighted by Gasteiger charge is 2.17. The SMILES string of the molecule is Cc1cccc(-c2noc(CCNS(=O)(=O)c3ccc(F)cc3C)n2)c1. The van der Waals surface area contributed by atoms with E-state index in [1.165, 1.54) is 12.1 Å². The van der Waals surface area contributed by atoms with E-state index in [9.17, 15) is 12.8 Å². The first kappa shape index (κ1) is 18.2. The van der Waals surface area contributed by atoms with Gasteiger partial charge in [-0.25, -0.2) is 17.5 Å². The summed E-state index contributed by atoms with van der Waals surface area (Å²) in [5.74, 6) is 0.317. The molecule has 0 aliphatic carbocycles. The van der Waals surface area contributed by atoms with Gasteiger partial charge in [-0.1, -0.05) is 28.9 Å². The Morgan fingerprint density at radius 2 is 1.96 bits per heavy atom. The Kier molecular flexibility index (Phi) is 5.15. The van der Waals surface area contributed by atoms with Gasteiger partial charge in [0.1, 0.15) is 5.82 Å². The van der Waals surface area contributed by atoms with Crippen LogP contribution in [0.5, 0.6) is 0 Å². The predicted molar refractivity (Wildman–Crippen MR) is 94.5 cm³/mol. The molecule has 8 heteroatoms. The zero-order chi connectivity index (χ0) is 18.7. The van der Waals surface area contributed by atoms with E-state index in [-0.39, 0.29) is 17.9 Å². The van der Waals surface area contributed by atoms with Gasteiger partial charge >= 0.3 is 0 Å². The summed E-state index contributed by atoms with van der Waals surface area (Å²) in [6.07, 6.45) is 0.248. The molecule has 0 aliphatic heterocycles. The molecule has 6 nitrogen and oxygen atoms in total. The van der Waals surface area contributed by atoms with E-state index in [4.69, 9.17) is 4.52 Å². The molecule has 0 radical (unpaired) electrons. The Morgan fingerprint density at radius 1 is 1.15 bits per heavy atom. The molecule has 0 aliphatic rings. The van der Waals surface area contributed by atoms with E-state index >= 15 is 0 Å². The lowest BCUT2D eigenvalue weighted by Gasteiger charge is -2.08. The maximum absolute atomic E-state index is 13.1. The van der Waals surface area contributed by atoms with Gasteiger partial charge in [0, 0.05) is 18.5 Å². The molecule has 0 bridgehead atoms. The predicted octanol–water partition coefficient (Wildman–Crippen LogP) is 3.01. The molecule has 0 fully saturated rings. The molecule has 3 aromatic rings. The fourth-order valence-corrected chi connectivity index (χ4v) is 3.80. The van der Waals surface area contributed by atoms with Crippen molar-refractivity contribution in [1.29, 1.82) is 0 Å². The summed E-state index contributed by atoms with van der Waals surface area (Å²) in [5, 5.41) is 3.92. The van der Waals surface area contributed by atoms with E-state index in [1.54, 1.807) is 6.92 Å². The minimum absolute atomic E-state index is 0.0462. The van der Waals surface area contributed by atoms with Crippen molar-refractivity contribution in [1.82, 2.24) is 14.9 Å². The summed E-state index contributed by atoms with van der Waals surface area (Å²) >= 11 is 0. The number of sulfonamides is 1. The van der Waals surface area contributed by atoms with Crippen LogP contribution in [0.3, 0.4) is 0 Å². The van der Waals surface area contributed by atoms with Crippen LogP contribution >= 0.6 is 0 Å². The van der Waals surface area contributed by atoms with Gasteiger partial charge in [0.05, 0.1) is 4.90 Å². The summed E-state index contributed by atoms with van der Waals surface area (Å²) in [6.45, 7) is 3.61. The van der Waals surface area contributed by atoms with Gasteiger partial charge < -0.3 is 4.52 Å². The van der Waals surface area contributed by atoms with E-state index in [0.29, 0.717) is 17.3 Å². The van der Waals surface area contributed by atoms with Crippen LogP contribution in [0.2, 0.25) is 0 Å². The Morgan fingerprint density at radius 3 is 2.69 bits per heavy atom. The second kappa shape index (κ2) is 7.35. The van der Waals surface area contributed by atoms with E-state index < -0.39 is 15.8 Å². The molecule has 0 amide bonds. The number of benzene rings is 2. The fraction of sp³-hybridized carbons (Fsp3) is 0.222. The minimum atomic E-state index is -3.74. The molecule has 1 aromatic heterocycles. The van der Waals surface area contributed by atoms with Crippen LogP contribution in [0.4, 0.5) is 4.39 Å². The van der Waals surface area contributed by atoms with Gasteiger partial charge in [-0.05, 0) is 43.7 Å². The number of halogens is 1. The number of rotatable bonds is 6. The minimum Gasteiger partial charge on any atom is -0.339 e. The number of hydrogen-bond donors (Lipinski definition) is 1. The molecule has 3 rings (SSSR count). The number of nitrogens with zero attached hydrogens (tertiary/aromatic N) is 2. The van der Waals surface area contributed by atoms with Crippen LogP contribution in [0, 0.1) is 19.7 Å². The van der Waals surface area contributed by atoms with Gasteiger partial charge in [0.15, 0.2) is 0 Å². The topological polar surface area (TPSA) is 85.1 Å². The number of aromatic nitrogens is 2. The molecule has 0 atom stereocenters. The Balaban J connectivity index is 1.65. The third-order valence-corrected chi connectivity index (χ3v) is 5.42. The maximum atomic E-state index is 13.1. The van der Waals surface area contributed by atoms with Crippen molar-refractivity contribution in [3.8, 4) is 11.4 Å². The van der Waals surface area contributed by atoms with E-state index in [2.05, 4.69) is 14.9 Å². The summed E-state index contributed by atoms with van der Waals surface area (Å²) in [6, 6.07) is 11.2. The molecule has 136 valence electrons. The summed E-state index contributed by atoms with van der Waals surface area (Å²) in [7, 11) is -3.74. The number of aryl methyl sites for hydroxylation is 2. The molecule has 2 aromatic carbocycles. The zero-order valence-electron chi connectivity index (χ0n) is 14.4. The van der Waals surface area contributed by atoms with E-state index in [1.807, 2.05) is 31.2 Å². The molecule has 1 N–H and O–H groups in total. The van der Waals surface area contributed by atoms with Crippen LogP contribution < -0.4 is 4.72 Å².